The zero-order valence-corrected chi connectivity index (χ0v) is 13.9. The molecular formula is C16H23N3O3S. The second-order valence-corrected chi connectivity index (χ2v) is 8.71. The first-order valence-electron chi connectivity index (χ1n) is 7.96. The lowest BCUT2D eigenvalue weighted by molar-refractivity contribution is -0.131. The van der Waals surface area contributed by atoms with E-state index in [-0.39, 0.29) is 35.9 Å². The molecule has 2 aliphatic heterocycles. The van der Waals surface area contributed by atoms with Gasteiger partial charge >= 0.3 is 0 Å². The van der Waals surface area contributed by atoms with Gasteiger partial charge in [0.05, 0.1) is 18.1 Å². The summed E-state index contributed by atoms with van der Waals surface area (Å²) in [5, 5.41) is 0. The summed E-state index contributed by atoms with van der Waals surface area (Å²) < 4.78 is 22.9. The Balaban J connectivity index is 1.57. The van der Waals surface area contributed by atoms with E-state index in [1.807, 2.05) is 40.1 Å². The van der Waals surface area contributed by atoms with E-state index >= 15 is 0 Å². The van der Waals surface area contributed by atoms with Gasteiger partial charge in [0.25, 0.3) is 0 Å². The molecule has 23 heavy (non-hydrogen) atoms. The number of hydrogen-bond acceptors (Lipinski definition) is 5. The van der Waals surface area contributed by atoms with E-state index in [0.29, 0.717) is 26.2 Å². The van der Waals surface area contributed by atoms with Crippen molar-refractivity contribution in [1.82, 2.24) is 9.80 Å². The molecule has 3 rings (SSSR count). The lowest BCUT2D eigenvalue weighted by Gasteiger charge is -2.27. The van der Waals surface area contributed by atoms with Crippen molar-refractivity contribution in [1.29, 1.82) is 0 Å². The molecule has 6 nitrogen and oxygen atoms in total. The van der Waals surface area contributed by atoms with Gasteiger partial charge < -0.3 is 10.6 Å². The van der Waals surface area contributed by atoms with Crippen molar-refractivity contribution < 1.29 is 13.2 Å². The van der Waals surface area contributed by atoms with Crippen molar-refractivity contribution in [3.05, 3.63) is 35.9 Å². The van der Waals surface area contributed by atoms with Gasteiger partial charge in [-0.3, -0.25) is 9.69 Å². The first-order chi connectivity index (χ1) is 10.9. The number of amides is 1. The lowest BCUT2D eigenvalue weighted by atomic mass is 9.95. The Labute approximate surface area is 137 Å². The van der Waals surface area contributed by atoms with Crippen LogP contribution in [0.15, 0.2) is 30.3 Å². The number of hydrogen-bond donors (Lipinski definition) is 1. The standard InChI is InChI=1S/C16H23N3O3S/c17-15-11-19(10-14(15)13-4-2-1-3-5-13)16(20)12-18-6-8-23(21,22)9-7-18/h1-5,14-15H,6-12,17H2/t14-,15+/m0/s1. The second-order valence-electron chi connectivity index (χ2n) is 6.41. The molecule has 0 aliphatic carbocycles. The molecule has 7 heteroatoms. The van der Waals surface area contributed by atoms with E-state index in [2.05, 4.69) is 0 Å². The van der Waals surface area contributed by atoms with Crippen molar-refractivity contribution >= 4 is 15.7 Å². The molecule has 2 heterocycles. The quantitative estimate of drug-likeness (QED) is 0.816. The number of likely N-dealkylation sites (tertiary alicyclic amines) is 1. The number of carbonyl (C=O) groups excluding carboxylic acids is 1. The molecule has 0 unspecified atom stereocenters. The third-order valence-corrected chi connectivity index (χ3v) is 6.35. The predicted molar refractivity (Wildman–Crippen MR) is 88.8 cm³/mol. The van der Waals surface area contributed by atoms with Crippen LogP contribution in [-0.2, 0) is 14.6 Å². The molecule has 0 saturated carbocycles. The Bertz CT molecular complexity index is 648. The van der Waals surface area contributed by atoms with Crippen molar-refractivity contribution in [2.45, 2.75) is 12.0 Å². The summed E-state index contributed by atoms with van der Waals surface area (Å²) in [4.78, 5) is 16.2. The molecule has 126 valence electrons. The third kappa shape index (κ3) is 3.91. The maximum atomic E-state index is 12.5. The van der Waals surface area contributed by atoms with Crippen LogP contribution in [0, 0.1) is 0 Å². The highest BCUT2D eigenvalue weighted by Crippen LogP contribution is 2.26. The van der Waals surface area contributed by atoms with Crippen molar-refractivity contribution in [3.8, 4) is 0 Å². The van der Waals surface area contributed by atoms with Gasteiger partial charge in [0.1, 0.15) is 0 Å². The summed E-state index contributed by atoms with van der Waals surface area (Å²) in [5.41, 5.74) is 7.39. The van der Waals surface area contributed by atoms with Crippen LogP contribution in [0.4, 0.5) is 0 Å². The van der Waals surface area contributed by atoms with Crippen LogP contribution in [0.2, 0.25) is 0 Å². The summed E-state index contributed by atoms with van der Waals surface area (Å²) in [7, 11) is -2.91. The average Bonchev–Trinajstić information content (AvgIpc) is 2.92. The van der Waals surface area contributed by atoms with Gasteiger partial charge in [-0.1, -0.05) is 30.3 Å². The highest BCUT2D eigenvalue weighted by molar-refractivity contribution is 7.91. The fourth-order valence-corrected chi connectivity index (χ4v) is 4.56. The molecule has 2 saturated heterocycles. The Morgan fingerprint density at radius 1 is 1.13 bits per heavy atom. The molecule has 0 radical (unpaired) electrons. The molecule has 1 aromatic rings. The van der Waals surface area contributed by atoms with E-state index in [9.17, 15) is 13.2 Å². The molecule has 0 bridgehead atoms. The monoisotopic (exact) mass is 337 g/mol. The number of carbonyl (C=O) groups is 1. The fourth-order valence-electron chi connectivity index (χ4n) is 3.29. The Kier molecular flexibility index (Phi) is 4.70. The minimum absolute atomic E-state index is 0.0400. The molecule has 2 atom stereocenters. The van der Waals surface area contributed by atoms with Crippen LogP contribution in [0.1, 0.15) is 11.5 Å². The van der Waals surface area contributed by atoms with Crippen LogP contribution in [0.25, 0.3) is 0 Å². The molecule has 1 amide bonds. The maximum absolute atomic E-state index is 12.5. The SMILES string of the molecule is N[C@@H]1CN(C(=O)CN2CCS(=O)(=O)CC2)C[C@H]1c1ccccc1. The number of benzene rings is 1. The minimum Gasteiger partial charge on any atom is -0.339 e. The second kappa shape index (κ2) is 6.59. The molecular weight excluding hydrogens is 314 g/mol. The summed E-state index contributed by atoms with van der Waals surface area (Å²) in [5.74, 6) is 0.499. The topological polar surface area (TPSA) is 83.7 Å². The molecule has 2 aliphatic rings. The van der Waals surface area contributed by atoms with Crippen molar-refractivity contribution in [2.24, 2.45) is 5.73 Å². The van der Waals surface area contributed by atoms with Gasteiger partial charge in [-0.25, -0.2) is 8.42 Å². The largest absolute Gasteiger partial charge is 0.339 e. The lowest BCUT2D eigenvalue weighted by Crippen LogP contribution is -2.46. The number of nitrogens with two attached hydrogens (primary N) is 1. The maximum Gasteiger partial charge on any atom is 0.236 e. The van der Waals surface area contributed by atoms with Crippen LogP contribution in [-0.4, -0.2) is 74.4 Å². The van der Waals surface area contributed by atoms with Crippen LogP contribution >= 0.6 is 0 Å². The molecule has 2 fully saturated rings. The van der Waals surface area contributed by atoms with E-state index in [1.54, 1.807) is 0 Å². The number of sulfone groups is 1. The Hall–Kier alpha value is -1.44. The number of rotatable bonds is 3. The zero-order chi connectivity index (χ0) is 16.4. The van der Waals surface area contributed by atoms with Crippen LogP contribution in [0.3, 0.4) is 0 Å². The van der Waals surface area contributed by atoms with E-state index < -0.39 is 9.84 Å². The van der Waals surface area contributed by atoms with Gasteiger partial charge in [-0.15, -0.1) is 0 Å². The fraction of sp³-hybridized carbons (Fsp3) is 0.562. The molecule has 1 aromatic carbocycles. The summed E-state index contributed by atoms with van der Waals surface area (Å²) >= 11 is 0. The highest BCUT2D eigenvalue weighted by atomic mass is 32.2. The first kappa shape index (κ1) is 16.4. The van der Waals surface area contributed by atoms with Gasteiger partial charge in [-0.05, 0) is 5.56 Å². The number of nitrogens with zero attached hydrogens (tertiary/aromatic N) is 2. The van der Waals surface area contributed by atoms with Crippen molar-refractivity contribution in [3.63, 3.8) is 0 Å². The van der Waals surface area contributed by atoms with Gasteiger partial charge in [-0.2, -0.15) is 0 Å². The molecule has 0 spiro atoms. The smallest absolute Gasteiger partial charge is 0.236 e. The van der Waals surface area contributed by atoms with E-state index in [4.69, 9.17) is 5.73 Å². The van der Waals surface area contributed by atoms with Gasteiger partial charge in [0, 0.05) is 38.1 Å². The molecule has 2 N–H and O–H groups in total. The molecule has 0 aromatic heterocycles. The average molecular weight is 337 g/mol. The predicted octanol–water partition coefficient (Wildman–Crippen LogP) is -0.330. The van der Waals surface area contributed by atoms with Crippen LogP contribution in [0.5, 0.6) is 0 Å². The summed E-state index contributed by atoms with van der Waals surface area (Å²) in [6.07, 6.45) is 0. The van der Waals surface area contributed by atoms with E-state index in [0.717, 1.165) is 0 Å². The highest BCUT2D eigenvalue weighted by Gasteiger charge is 2.34. The van der Waals surface area contributed by atoms with Crippen molar-refractivity contribution in [2.75, 3.05) is 44.2 Å². The van der Waals surface area contributed by atoms with E-state index in [1.165, 1.54) is 5.56 Å². The Morgan fingerprint density at radius 2 is 1.78 bits per heavy atom. The zero-order valence-electron chi connectivity index (χ0n) is 13.1. The normalized spacial score (nSPS) is 28.0. The summed E-state index contributed by atoms with van der Waals surface area (Å²) in [6.45, 7) is 2.36. The summed E-state index contributed by atoms with van der Waals surface area (Å²) in [6, 6.07) is 9.99. The minimum atomic E-state index is -2.91. The third-order valence-electron chi connectivity index (χ3n) is 4.74. The van der Waals surface area contributed by atoms with Gasteiger partial charge in [0.15, 0.2) is 9.84 Å². The first-order valence-corrected chi connectivity index (χ1v) is 9.78. The Morgan fingerprint density at radius 3 is 2.43 bits per heavy atom. The van der Waals surface area contributed by atoms with Crippen LogP contribution < -0.4 is 5.73 Å². The van der Waals surface area contributed by atoms with Gasteiger partial charge in [0.2, 0.25) is 5.91 Å².